The lowest BCUT2D eigenvalue weighted by molar-refractivity contribution is -0.147. The van der Waals surface area contributed by atoms with Crippen LogP contribution in [0.5, 0.6) is 0 Å². The Bertz CT molecular complexity index is 908. The molecule has 0 unspecified atom stereocenters. The standard InChI is InChI=1S/C25H32O5/c1-4-6-11-25(28)17-9-8-15-14-10-12-24(18(13-14)23(27)29-3)20(15)19(17)21(30-25)16(7-5-2)22(24)26/h13-15,20,28H,4-12H2,1-3H3/t14-,15+,20-,24-,25-/m1/s1. The molecule has 1 N–H and O–H groups in total. The average Bonchev–Trinajstić information content (AvgIpc) is 3.07. The fourth-order valence-corrected chi connectivity index (χ4v) is 7.12. The van der Waals surface area contributed by atoms with Gasteiger partial charge in [0.1, 0.15) is 5.76 Å². The summed E-state index contributed by atoms with van der Waals surface area (Å²) >= 11 is 0. The zero-order valence-corrected chi connectivity index (χ0v) is 18.3. The molecule has 1 fully saturated rings. The second-order valence-electron chi connectivity index (χ2n) is 9.70. The van der Waals surface area contributed by atoms with Crippen molar-refractivity contribution >= 4 is 11.8 Å². The van der Waals surface area contributed by atoms with Crippen molar-refractivity contribution in [2.45, 2.75) is 77.4 Å². The summed E-state index contributed by atoms with van der Waals surface area (Å²) in [7, 11) is 1.40. The number of hydrogen-bond donors (Lipinski definition) is 1. The highest BCUT2D eigenvalue weighted by Gasteiger charge is 2.68. The van der Waals surface area contributed by atoms with Crippen LogP contribution >= 0.6 is 0 Å². The molecule has 2 bridgehead atoms. The predicted octanol–water partition coefficient (Wildman–Crippen LogP) is 4.36. The first-order valence-corrected chi connectivity index (χ1v) is 11.7. The Morgan fingerprint density at radius 3 is 2.80 bits per heavy atom. The molecule has 5 atom stereocenters. The quantitative estimate of drug-likeness (QED) is 0.656. The normalized spacial score (nSPS) is 38.5. The van der Waals surface area contributed by atoms with E-state index in [0.29, 0.717) is 42.1 Å². The molecule has 1 saturated carbocycles. The first-order chi connectivity index (χ1) is 14.4. The van der Waals surface area contributed by atoms with Gasteiger partial charge < -0.3 is 14.6 Å². The summed E-state index contributed by atoms with van der Waals surface area (Å²) in [4.78, 5) is 26.9. The van der Waals surface area contributed by atoms with Crippen LogP contribution in [0.15, 0.2) is 34.1 Å². The third-order valence-electron chi connectivity index (χ3n) is 8.32. The summed E-state index contributed by atoms with van der Waals surface area (Å²) in [5.41, 5.74) is 2.42. The number of ether oxygens (including phenoxy) is 2. The predicted molar refractivity (Wildman–Crippen MR) is 111 cm³/mol. The number of aliphatic hydroxyl groups is 1. The number of carbonyl (C=O) groups excluding carboxylic acids is 2. The van der Waals surface area contributed by atoms with Gasteiger partial charge in [-0.05, 0) is 50.4 Å². The number of allylic oxidation sites excluding steroid dienone is 3. The van der Waals surface area contributed by atoms with Gasteiger partial charge in [-0.25, -0.2) is 4.79 Å². The molecule has 0 amide bonds. The Morgan fingerprint density at radius 1 is 1.30 bits per heavy atom. The second kappa shape index (κ2) is 6.81. The van der Waals surface area contributed by atoms with Gasteiger partial charge in [0, 0.05) is 34.6 Å². The molecule has 30 heavy (non-hydrogen) atoms. The monoisotopic (exact) mass is 412 g/mol. The van der Waals surface area contributed by atoms with E-state index in [2.05, 4.69) is 13.8 Å². The Kier molecular flexibility index (Phi) is 4.55. The number of methoxy groups -OCH3 is 1. The molecule has 0 aromatic rings. The van der Waals surface area contributed by atoms with Gasteiger partial charge >= 0.3 is 5.97 Å². The van der Waals surface area contributed by atoms with Crippen molar-refractivity contribution in [1.82, 2.24) is 0 Å². The van der Waals surface area contributed by atoms with Crippen molar-refractivity contribution < 1.29 is 24.2 Å². The van der Waals surface area contributed by atoms with Crippen molar-refractivity contribution in [1.29, 1.82) is 0 Å². The molecular weight excluding hydrogens is 380 g/mol. The SMILES string of the molecule is CCCC[C@@]1(O)OC2=C(CCC)C(=O)[C@]34CC[C@H](C=C3C(=O)OC)[C@@H]3CCC1=C2[C@@H]34. The van der Waals surface area contributed by atoms with Crippen LogP contribution in [0.4, 0.5) is 0 Å². The molecule has 1 aliphatic heterocycles. The molecule has 5 aliphatic carbocycles. The summed E-state index contributed by atoms with van der Waals surface area (Å²) in [6.45, 7) is 4.16. The van der Waals surface area contributed by atoms with Crippen LogP contribution in [-0.2, 0) is 19.1 Å². The fraction of sp³-hybridized carbons (Fsp3) is 0.680. The van der Waals surface area contributed by atoms with E-state index in [0.717, 1.165) is 49.7 Å². The lowest BCUT2D eigenvalue weighted by Crippen LogP contribution is -2.58. The van der Waals surface area contributed by atoms with E-state index in [1.807, 2.05) is 6.08 Å². The van der Waals surface area contributed by atoms with E-state index >= 15 is 0 Å². The van der Waals surface area contributed by atoms with Crippen molar-refractivity contribution in [2.75, 3.05) is 7.11 Å². The van der Waals surface area contributed by atoms with Gasteiger partial charge in [-0.15, -0.1) is 0 Å². The first-order valence-electron chi connectivity index (χ1n) is 11.7. The Labute approximate surface area is 178 Å². The minimum Gasteiger partial charge on any atom is -0.466 e. The maximum Gasteiger partial charge on any atom is 0.334 e. The Balaban J connectivity index is 1.76. The number of Topliss-reactive ketones (excluding diaryl/α,β-unsaturated/α-hetero) is 1. The highest BCUT2D eigenvalue weighted by atomic mass is 16.6. The van der Waals surface area contributed by atoms with E-state index in [-0.39, 0.29) is 23.6 Å². The number of ketones is 1. The third kappa shape index (κ3) is 2.33. The summed E-state index contributed by atoms with van der Waals surface area (Å²) in [5, 5.41) is 11.6. The molecule has 6 rings (SSSR count). The van der Waals surface area contributed by atoms with Crippen molar-refractivity contribution in [3.05, 3.63) is 34.1 Å². The van der Waals surface area contributed by atoms with Crippen molar-refractivity contribution in [2.24, 2.45) is 23.2 Å². The molecule has 0 aromatic carbocycles. The summed E-state index contributed by atoms with van der Waals surface area (Å²) < 4.78 is 11.4. The topological polar surface area (TPSA) is 72.8 Å². The number of esters is 1. The van der Waals surface area contributed by atoms with E-state index in [4.69, 9.17) is 9.47 Å². The lowest BCUT2D eigenvalue weighted by atomic mass is 9.43. The van der Waals surface area contributed by atoms with Gasteiger partial charge in [-0.3, -0.25) is 4.79 Å². The van der Waals surface area contributed by atoms with Gasteiger partial charge in [0.05, 0.1) is 12.5 Å². The minimum absolute atomic E-state index is 0.0360. The minimum atomic E-state index is -1.30. The lowest BCUT2D eigenvalue weighted by Gasteiger charge is -2.58. The number of fused-ring (bicyclic) bond motifs is 1. The maximum atomic E-state index is 14.1. The third-order valence-corrected chi connectivity index (χ3v) is 8.32. The van der Waals surface area contributed by atoms with E-state index in [1.165, 1.54) is 7.11 Å². The molecule has 1 spiro atoms. The molecule has 0 radical (unpaired) electrons. The van der Waals surface area contributed by atoms with Crippen LogP contribution in [0.1, 0.15) is 71.6 Å². The number of carbonyl (C=O) groups is 2. The Morgan fingerprint density at radius 2 is 2.10 bits per heavy atom. The van der Waals surface area contributed by atoms with Gasteiger partial charge in [-0.2, -0.15) is 0 Å². The van der Waals surface area contributed by atoms with Crippen LogP contribution in [0, 0.1) is 23.2 Å². The molecule has 0 saturated heterocycles. The van der Waals surface area contributed by atoms with Crippen LogP contribution in [0.25, 0.3) is 0 Å². The van der Waals surface area contributed by atoms with E-state index < -0.39 is 11.2 Å². The molecule has 5 nitrogen and oxygen atoms in total. The average molecular weight is 413 g/mol. The molecule has 6 aliphatic rings. The molecule has 0 aromatic heterocycles. The Hall–Kier alpha value is -1.88. The smallest absolute Gasteiger partial charge is 0.334 e. The van der Waals surface area contributed by atoms with E-state index in [1.54, 1.807) is 0 Å². The van der Waals surface area contributed by atoms with Gasteiger partial charge in [-0.1, -0.05) is 32.8 Å². The highest BCUT2D eigenvalue weighted by Crippen LogP contribution is 2.69. The van der Waals surface area contributed by atoms with Gasteiger partial charge in [0.25, 0.3) is 0 Å². The summed E-state index contributed by atoms with van der Waals surface area (Å²) in [5.74, 6) is -0.461. The molecule has 5 heteroatoms. The first kappa shape index (κ1) is 20.0. The summed E-state index contributed by atoms with van der Waals surface area (Å²) in [6, 6.07) is 0. The van der Waals surface area contributed by atoms with Gasteiger partial charge in [0.2, 0.25) is 5.79 Å². The van der Waals surface area contributed by atoms with Crippen LogP contribution in [-0.4, -0.2) is 29.8 Å². The van der Waals surface area contributed by atoms with E-state index in [9.17, 15) is 14.7 Å². The number of hydrogen-bond acceptors (Lipinski definition) is 5. The number of rotatable bonds is 6. The maximum absolute atomic E-state index is 14.1. The van der Waals surface area contributed by atoms with Crippen LogP contribution in [0.3, 0.4) is 0 Å². The largest absolute Gasteiger partial charge is 0.466 e. The fourth-order valence-electron chi connectivity index (χ4n) is 7.12. The van der Waals surface area contributed by atoms with Crippen molar-refractivity contribution in [3.8, 4) is 0 Å². The molecule has 1 heterocycles. The molecular formula is C25H32O5. The summed E-state index contributed by atoms with van der Waals surface area (Å²) in [6.07, 6.45) is 9.22. The zero-order chi connectivity index (χ0) is 21.3. The zero-order valence-electron chi connectivity index (χ0n) is 18.3. The van der Waals surface area contributed by atoms with Crippen molar-refractivity contribution in [3.63, 3.8) is 0 Å². The van der Waals surface area contributed by atoms with Gasteiger partial charge in [0.15, 0.2) is 5.78 Å². The molecule has 162 valence electrons. The van der Waals surface area contributed by atoms with Crippen LogP contribution in [0.2, 0.25) is 0 Å². The van der Waals surface area contributed by atoms with Crippen LogP contribution < -0.4 is 0 Å². The second-order valence-corrected chi connectivity index (χ2v) is 9.70. The number of unbranched alkanes of at least 4 members (excludes halogenated alkanes) is 1. The highest BCUT2D eigenvalue weighted by molar-refractivity contribution is 6.11.